The molecule has 184 valence electrons. The van der Waals surface area contributed by atoms with Crippen molar-refractivity contribution in [3.05, 3.63) is 95.5 Å². The number of ketones is 1. The SMILES string of the molecule is COc1ccc(C2C(C(=O)c3cc4ccccc4o3)=C(O)C(=O)N2c2nc3ccc(OC)cc3[nH]2)cc1. The lowest BCUT2D eigenvalue weighted by Crippen LogP contribution is -2.32. The van der Waals surface area contributed by atoms with Gasteiger partial charge in [0.25, 0.3) is 5.91 Å². The molecule has 0 aliphatic carbocycles. The summed E-state index contributed by atoms with van der Waals surface area (Å²) in [6.45, 7) is 0. The second-order valence-electron chi connectivity index (χ2n) is 8.53. The van der Waals surface area contributed by atoms with Gasteiger partial charge in [-0.25, -0.2) is 4.98 Å². The van der Waals surface area contributed by atoms with Crippen molar-refractivity contribution < 1.29 is 28.6 Å². The van der Waals surface area contributed by atoms with Gasteiger partial charge in [0.05, 0.1) is 36.9 Å². The van der Waals surface area contributed by atoms with Crippen LogP contribution >= 0.6 is 0 Å². The van der Waals surface area contributed by atoms with Crippen LogP contribution in [0.3, 0.4) is 0 Å². The summed E-state index contributed by atoms with van der Waals surface area (Å²) in [4.78, 5) is 36.2. The number of para-hydroxylation sites is 1. The summed E-state index contributed by atoms with van der Waals surface area (Å²) in [5.74, 6) is -0.602. The van der Waals surface area contributed by atoms with E-state index >= 15 is 0 Å². The number of hydrogen-bond acceptors (Lipinski definition) is 7. The smallest absolute Gasteiger partial charge is 0.296 e. The molecular formula is C28H21N3O6. The molecule has 0 radical (unpaired) electrons. The molecule has 0 spiro atoms. The fourth-order valence-corrected chi connectivity index (χ4v) is 4.60. The topological polar surface area (TPSA) is 118 Å². The summed E-state index contributed by atoms with van der Waals surface area (Å²) in [6, 6.07) is 20.0. The molecule has 0 bridgehead atoms. The summed E-state index contributed by atoms with van der Waals surface area (Å²) >= 11 is 0. The van der Waals surface area contributed by atoms with Crippen molar-refractivity contribution in [1.29, 1.82) is 0 Å². The maximum Gasteiger partial charge on any atom is 0.296 e. The van der Waals surface area contributed by atoms with E-state index in [2.05, 4.69) is 9.97 Å². The number of methoxy groups -OCH3 is 2. The van der Waals surface area contributed by atoms with Crippen LogP contribution in [-0.2, 0) is 4.79 Å². The van der Waals surface area contributed by atoms with Gasteiger partial charge in [0.1, 0.15) is 17.1 Å². The van der Waals surface area contributed by atoms with E-state index in [1.807, 2.05) is 12.1 Å². The lowest BCUT2D eigenvalue weighted by molar-refractivity contribution is -0.117. The van der Waals surface area contributed by atoms with Gasteiger partial charge in [-0.3, -0.25) is 14.5 Å². The lowest BCUT2D eigenvalue weighted by Gasteiger charge is -2.24. The number of ether oxygens (including phenoxy) is 2. The predicted octanol–water partition coefficient (Wildman–Crippen LogP) is 5.11. The highest BCUT2D eigenvalue weighted by Crippen LogP contribution is 2.42. The molecule has 1 aliphatic rings. The van der Waals surface area contributed by atoms with Crippen LogP contribution in [0.2, 0.25) is 0 Å². The van der Waals surface area contributed by atoms with Crippen molar-refractivity contribution in [3.8, 4) is 11.5 Å². The zero-order valence-corrected chi connectivity index (χ0v) is 19.9. The minimum Gasteiger partial charge on any atom is -0.503 e. The van der Waals surface area contributed by atoms with Crippen molar-refractivity contribution in [3.63, 3.8) is 0 Å². The van der Waals surface area contributed by atoms with E-state index in [1.165, 1.54) is 4.90 Å². The lowest BCUT2D eigenvalue weighted by atomic mass is 9.95. The third-order valence-electron chi connectivity index (χ3n) is 6.44. The van der Waals surface area contributed by atoms with E-state index in [4.69, 9.17) is 13.9 Å². The van der Waals surface area contributed by atoms with Crippen molar-refractivity contribution in [2.45, 2.75) is 6.04 Å². The van der Waals surface area contributed by atoms with Gasteiger partial charge in [-0.2, -0.15) is 0 Å². The molecule has 37 heavy (non-hydrogen) atoms. The quantitative estimate of drug-likeness (QED) is 0.314. The monoisotopic (exact) mass is 495 g/mol. The summed E-state index contributed by atoms with van der Waals surface area (Å²) < 4.78 is 16.3. The van der Waals surface area contributed by atoms with Crippen LogP contribution in [0.5, 0.6) is 11.5 Å². The molecule has 3 aromatic carbocycles. The van der Waals surface area contributed by atoms with Crippen LogP contribution in [-0.4, -0.2) is 41.0 Å². The van der Waals surface area contributed by atoms with Gasteiger partial charge >= 0.3 is 0 Å². The molecule has 9 nitrogen and oxygen atoms in total. The van der Waals surface area contributed by atoms with E-state index in [0.717, 1.165) is 5.39 Å². The standard InChI is InChI=1S/C28H21N3O6/c1-35-17-9-7-15(8-10-17)24-23(25(32)22-13-16-5-3-4-6-21(16)37-22)26(33)27(34)31(24)28-29-19-12-11-18(36-2)14-20(19)30-28/h3-14,24,33H,1-2H3,(H,29,30). The van der Waals surface area contributed by atoms with E-state index in [0.29, 0.717) is 33.7 Å². The molecule has 1 unspecified atom stereocenters. The fraction of sp³-hybridized carbons (Fsp3) is 0.107. The number of anilines is 1. The van der Waals surface area contributed by atoms with Gasteiger partial charge in [0.15, 0.2) is 11.5 Å². The number of nitrogens with zero attached hydrogens (tertiary/aromatic N) is 2. The zero-order valence-electron chi connectivity index (χ0n) is 19.9. The van der Waals surface area contributed by atoms with Gasteiger partial charge in [0, 0.05) is 11.5 Å². The second-order valence-corrected chi connectivity index (χ2v) is 8.53. The Bertz CT molecular complexity index is 1680. The molecule has 9 heteroatoms. The Morgan fingerprint density at radius 1 is 1.00 bits per heavy atom. The summed E-state index contributed by atoms with van der Waals surface area (Å²) in [5, 5.41) is 11.8. The van der Waals surface area contributed by atoms with E-state index in [-0.39, 0.29) is 17.3 Å². The average molecular weight is 495 g/mol. The number of aliphatic hydroxyl groups excluding tert-OH is 1. The molecule has 0 saturated heterocycles. The minimum atomic E-state index is -0.971. The number of furan rings is 1. The van der Waals surface area contributed by atoms with Crippen LogP contribution in [0.1, 0.15) is 22.2 Å². The first kappa shape index (κ1) is 22.4. The van der Waals surface area contributed by atoms with E-state index in [1.54, 1.807) is 74.9 Å². The summed E-state index contributed by atoms with van der Waals surface area (Å²) in [5.41, 5.74) is 2.23. The number of benzene rings is 3. The normalized spacial score (nSPS) is 15.7. The molecule has 6 rings (SSSR count). The Labute approximate surface area is 210 Å². The molecule has 0 saturated carbocycles. The number of H-pyrrole nitrogens is 1. The molecule has 3 heterocycles. The number of rotatable bonds is 6. The summed E-state index contributed by atoms with van der Waals surface area (Å²) in [6.07, 6.45) is 0. The highest BCUT2D eigenvalue weighted by molar-refractivity contribution is 6.20. The van der Waals surface area contributed by atoms with Gasteiger partial charge in [-0.05, 0) is 42.0 Å². The van der Waals surface area contributed by atoms with Crippen LogP contribution in [0.4, 0.5) is 5.95 Å². The van der Waals surface area contributed by atoms with Gasteiger partial charge in [0.2, 0.25) is 11.7 Å². The molecule has 2 N–H and O–H groups in total. The van der Waals surface area contributed by atoms with Crippen molar-refractivity contribution in [2.75, 3.05) is 19.1 Å². The molecular weight excluding hydrogens is 474 g/mol. The number of aliphatic hydroxyl groups is 1. The average Bonchev–Trinajstić information content (AvgIpc) is 3.62. The molecule has 1 atom stereocenters. The maximum absolute atomic E-state index is 13.7. The number of fused-ring (bicyclic) bond motifs is 2. The zero-order chi connectivity index (χ0) is 25.7. The number of Topliss-reactive ketones (excluding diaryl/α,β-unsaturated/α-hetero) is 1. The molecule has 2 aromatic heterocycles. The van der Waals surface area contributed by atoms with Gasteiger partial charge in [-0.1, -0.05) is 30.3 Å². The Hall–Kier alpha value is -5.05. The third-order valence-corrected chi connectivity index (χ3v) is 6.44. The van der Waals surface area contributed by atoms with Crippen LogP contribution in [0.15, 0.2) is 88.5 Å². The highest BCUT2D eigenvalue weighted by atomic mass is 16.5. The number of carbonyl (C=O) groups excluding carboxylic acids is 2. The number of carbonyl (C=O) groups is 2. The van der Waals surface area contributed by atoms with E-state index < -0.39 is 23.5 Å². The second kappa shape index (κ2) is 8.56. The molecule has 5 aromatic rings. The van der Waals surface area contributed by atoms with Gasteiger partial charge in [-0.15, -0.1) is 0 Å². The number of aromatic nitrogens is 2. The first-order valence-electron chi connectivity index (χ1n) is 11.5. The van der Waals surface area contributed by atoms with Crippen molar-refractivity contribution in [2.24, 2.45) is 0 Å². The number of hydrogen-bond donors (Lipinski definition) is 2. The van der Waals surface area contributed by atoms with Crippen LogP contribution in [0.25, 0.3) is 22.0 Å². The maximum atomic E-state index is 13.7. The third kappa shape index (κ3) is 3.59. The van der Waals surface area contributed by atoms with Crippen molar-refractivity contribution >= 4 is 39.6 Å². The fourth-order valence-electron chi connectivity index (χ4n) is 4.60. The number of aromatic amines is 1. The highest BCUT2D eigenvalue weighted by Gasteiger charge is 2.46. The van der Waals surface area contributed by atoms with E-state index in [9.17, 15) is 14.7 Å². The molecule has 1 aliphatic heterocycles. The molecule has 0 fully saturated rings. The van der Waals surface area contributed by atoms with Crippen molar-refractivity contribution in [1.82, 2.24) is 9.97 Å². The van der Waals surface area contributed by atoms with Crippen LogP contribution < -0.4 is 14.4 Å². The Morgan fingerprint density at radius 3 is 2.46 bits per heavy atom. The first-order valence-corrected chi connectivity index (χ1v) is 11.5. The number of amides is 1. The Kier molecular flexibility index (Phi) is 5.19. The van der Waals surface area contributed by atoms with Gasteiger partial charge < -0.3 is 24.0 Å². The number of imidazole rings is 1. The Balaban J connectivity index is 1.50. The predicted molar refractivity (Wildman–Crippen MR) is 136 cm³/mol. The number of nitrogens with one attached hydrogen (secondary N) is 1. The summed E-state index contributed by atoms with van der Waals surface area (Å²) in [7, 11) is 3.10. The first-order chi connectivity index (χ1) is 18.0. The largest absolute Gasteiger partial charge is 0.503 e. The molecule has 1 amide bonds. The minimum absolute atomic E-state index is 0.0188. The Morgan fingerprint density at radius 2 is 1.73 bits per heavy atom. The van der Waals surface area contributed by atoms with Crippen LogP contribution in [0, 0.1) is 0 Å².